The van der Waals surface area contributed by atoms with Gasteiger partial charge < -0.3 is 10.4 Å². The number of aromatic hydroxyl groups is 1. The van der Waals surface area contributed by atoms with Crippen molar-refractivity contribution in [3.8, 4) is 5.75 Å². The second-order valence-corrected chi connectivity index (χ2v) is 3.72. The van der Waals surface area contributed by atoms with Crippen LogP contribution in [0.5, 0.6) is 5.75 Å². The summed E-state index contributed by atoms with van der Waals surface area (Å²) in [5.74, 6) is 0.392. The first kappa shape index (κ1) is 8.57. The lowest BCUT2D eigenvalue weighted by molar-refractivity contribution is 0.452. The zero-order valence-electron chi connectivity index (χ0n) is 7.83. The summed E-state index contributed by atoms with van der Waals surface area (Å²) in [5, 5.41) is 13.0. The molecule has 1 aromatic rings. The molecular weight excluding hydrogens is 162 g/mol. The Balaban J connectivity index is 2.09. The molecule has 0 radical (unpaired) electrons. The summed E-state index contributed by atoms with van der Waals surface area (Å²) in [7, 11) is 0. The van der Waals surface area contributed by atoms with Crippen LogP contribution < -0.4 is 5.32 Å². The molecule has 70 valence electrons. The summed E-state index contributed by atoms with van der Waals surface area (Å²) in [4.78, 5) is 0. The molecule has 0 heterocycles. The first-order valence-corrected chi connectivity index (χ1v) is 4.81. The van der Waals surface area contributed by atoms with Crippen LogP contribution in [0.15, 0.2) is 24.3 Å². The molecule has 0 aliphatic heterocycles. The maximum Gasteiger partial charge on any atom is 0.120 e. The van der Waals surface area contributed by atoms with Crippen molar-refractivity contribution in [2.75, 3.05) is 0 Å². The van der Waals surface area contributed by atoms with E-state index in [1.807, 2.05) is 18.2 Å². The van der Waals surface area contributed by atoms with Crippen LogP contribution in [-0.4, -0.2) is 11.1 Å². The van der Waals surface area contributed by atoms with Gasteiger partial charge in [-0.3, -0.25) is 0 Å². The SMILES string of the molecule is C[C@H](NC1CC1)c1ccccc1O. The van der Waals surface area contributed by atoms with Crippen molar-refractivity contribution in [3.05, 3.63) is 29.8 Å². The van der Waals surface area contributed by atoms with E-state index < -0.39 is 0 Å². The van der Waals surface area contributed by atoms with Crippen molar-refractivity contribution >= 4 is 0 Å². The number of phenolic OH excluding ortho intramolecular Hbond substituents is 1. The number of para-hydroxylation sites is 1. The van der Waals surface area contributed by atoms with Gasteiger partial charge in [-0.25, -0.2) is 0 Å². The van der Waals surface area contributed by atoms with Crippen LogP contribution >= 0.6 is 0 Å². The van der Waals surface area contributed by atoms with Crippen LogP contribution in [0, 0.1) is 0 Å². The lowest BCUT2D eigenvalue weighted by Gasteiger charge is -2.14. The van der Waals surface area contributed by atoms with Crippen LogP contribution in [0.3, 0.4) is 0 Å². The molecule has 1 aliphatic rings. The molecule has 13 heavy (non-hydrogen) atoms. The lowest BCUT2D eigenvalue weighted by Crippen LogP contribution is -2.20. The third-order valence-corrected chi connectivity index (χ3v) is 2.47. The summed E-state index contributed by atoms with van der Waals surface area (Å²) in [6.45, 7) is 2.09. The first-order chi connectivity index (χ1) is 6.27. The molecule has 1 aliphatic carbocycles. The van der Waals surface area contributed by atoms with Crippen molar-refractivity contribution < 1.29 is 5.11 Å². The van der Waals surface area contributed by atoms with E-state index in [-0.39, 0.29) is 6.04 Å². The Bertz CT molecular complexity index is 294. The molecule has 1 saturated carbocycles. The number of hydrogen-bond donors (Lipinski definition) is 2. The minimum absolute atomic E-state index is 0.258. The lowest BCUT2D eigenvalue weighted by atomic mass is 10.1. The first-order valence-electron chi connectivity index (χ1n) is 4.81. The van der Waals surface area contributed by atoms with E-state index in [1.165, 1.54) is 12.8 Å². The highest BCUT2D eigenvalue weighted by atomic mass is 16.3. The highest BCUT2D eigenvalue weighted by Crippen LogP contribution is 2.27. The molecule has 2 rings (SSSR count). The molecule has 1 fully saturated rings. The van der Waals surface area contributed by atoms with Gasteiger partial charge in [0.2, 0.25) is 0 Å². The predicted molar refractivity (Wildman–Crippen MR) is 52.7 cm³/mol. The standard InChI is InChI=1S/C11H15NO/c1-8(12-9-6-7-9)10-4-2-3-5-11(10)13/h2-5,8-9,12-13H,6-7H2,1H3/t8-/m0/s1. The Hall–Kier alpha value is -1.02. The second-order valence-electron chi connectivity index (χ2n) is 3.72. The topological polar surface area (TPSA) is 32.3 Å². The third-order valence-electron chi connectivity index (χ3n) is 2.47. The molecule has 0 aromatic heterocycles. The molecule has 0 saturated heterocycles. The highest BCUT2D eigenvalue weighted by molar-refractivity contribution is 5.34. The van der Waals surface area contributed by atoms with Gasteiger partial charge in [0.15, 0.2) is 0 Å². The number of phenols is 1. The summed E-state index contributed by atoms with van der Waals surface area (Å²) >= 11 is 0. The van der Waals surface area contributed by atoms with Gasteiger partial charge in [-0.1, -0.05) is 18.2 Å². The van der Waals surface area contributed by atoms with Gasteiger partial charge in [0.25, 0.3) is 0 Å². The molecule has 2 nitrogen and oxygen atoms in total. The molecular formula is C11H15NO. The van der Waals surface area contributed by atoms with Crippen LogP contribution in [-0.2, 0) is 0 Å². The molecule has 0 bridgehead atoms. The smallest absolute Gasteiger partial charge is 0.120 e. The van der Waals surface area contributed by atoms with E-state index in [1.54, 1.807) is 6.07 Å². The molecule has 1 atom stereocenters. The van der Waals surface area contributed by atoms with Gasteiger partial charge in [0, 0.05) is 17.6 Å². The molecule has 2 heteroatoms. The Kier molecular flexibility index (Phi) is 2.23. The number of hydrogen-bond acceptors (Lipinski definition) is 2. The Morgan fingerprint density at radius 2 is 2.08 bits per heavy atom. The third kappa shape index (κ3) is 2.01. The summed E-state index contributed by atoms with van der Waals surface area (Å²) in [5.41, 5.74) is 0.995. The summed E-state index contributed by atoms with van der Waals surface area (Å²) in [6.07, 6.45) is 2.55. The fourth-order valence-electron chi connectivity index (χ4n) is 1.55. The molecule has 0 unspecified atom stereocenters. The van der Waals surface area contributed by atoms with E-state index in [9.17, 15) is 5.11 Å². The van der Waals surface area contributed by atoms with Crippen molar-refractivity contribution in [1.82, 2.24) is 5.32 Å². The molecule has 1 aromatic carbocycles. The number of benzene rings is 1. The minimum Gasteiger partial charge on any atom is -0.508 e. The van der Waals surface area contributed by atoms with Crippen LogP contribution in [0.2, 0.25) is 0 Å². The normalized spacial score (nSPS) is 18.5. The quantitative estimate of drug-likeness (QED) is 0.742. The van der Waals surface area contributed by atoms with Crippen molar-refractivity contribution in [1.29, 1.82) is 0 Å². The van der Waals surface area contributed by atoms with E-state index in [4.69, 9.17) is 0 Å². The van der Waals surface area contributed by atoms with E-state index >= 15 is 0 Å². The van der Waals surface area contributed by atoms with E-state index in [0.717, 1.165) is 5.56 Å². The number of nitrogens with one attached hydrogen (secondary N) is 1. The van der Waals surface area contributed by atoms with Crippen LogP contribution in [0.4, 0.5) is 0 Å². The molecule has 0 amide bonds. The average molecular weight is 177 g/mol. The molecule has 2 N–H and O–H groups in total. The minimum atomic E-state index is 0.258. The van der Waals surface area contributed by atoms with Gasteiger partial charge in [-0.05, 0) is 25.8 Å². The zero-order chi connectivity index (χ0) is 9.26. The number of rotatable bonds is 3. The van der Waals surface area contributed by atoms with Crippen LogP contribution in [0.25, 0.3) is 0 Å². The van der Waals surface area contributed by atoms with Crippen molar-refractivity contribution in [2.45, 2.75) is 31.8 Å². The van der Waals surface area contributed by atoms with Crippen molar-refractivity contribution in [2.24, 2.45) is 0 Å². The zero-order valence-corrected chi connectivity index (χ0v) is 7.83. The monoisotopic (exact) mass is 177 g/mol. The van der Waals surface area contributed by atoms with Crippen molar-refractivity contribution in [3.63, 3.8) is 0 Å². The van der Waals surface area contributed by atoms with Crippen LogP contribution in [0.1, 0.15) is 31.4 Å². The fraction of sp³-hybridized carbons (Fsp3) is 0.455. The Labute approximate surface area is 78.6 Å². The fourth-order valence-corrected chi connectivity index (χ4v) is 1.55. The van der Waals surface area contributed by atoms with Gasteiger partial charge in [-0.15, -0.1) is 0 Å². The largest absolute Gasteiger partial charge is 0.508 e. The summed E-state index contributed by atoms with van der Waals surface area (Å²) in [6, 6.07) is 8.45. The molecule has 0 spiro atoms. The summed E-state index contributed by atoms with van der Waals surface area (Å²) < 4.78 is 0. The Morgan fingerprint density at radius 1 is 1.38 bits per heavy atom. The Morgan fingerprint density at radius 3 is 2.69 bits per heavy atom. The van der Waals surface area contributed by atoms with E-state index in [2.05, 4.69) is 12.2 Å². The second kappa shape index (κ2) is 3.38. The van der Waals surface area contributed by atoms with Gasteiger partial charge in [-0.2, -0.15) is 0 Å². The van der Waals surface area contributed by atoms with E-state index in [0.29, 0.717) is 11.8 Å². The maximum atomic E-state index is 9.57. The van der Waals surface area contributed by atoms with Gasteiger partial charge >= 0.3 is 0 Å². The highest BCUT2D eigenvalue weighted by Gasteiger charge is 2.23. The van der Waals surface area contributed by atoms with Gasteiger partial charge in [0.1, 0.15) is 5.75 Å². The predicted octanol–water partition coefficient (Wildman–Crippen LogP) is 2.21. The maximum absolute atomic E-state index is 9.57. The van der Waals surface area contributed by atoms with Gasteiger partial charge in [0.05, 0.1) is 0 Å². The average Bonchev–Trinajstić information content (AvgIpc) is 2.89.